The summed E-state index contributed by atoms with van der Waals surface area (Å²) in [6, 6.07) is 8.38. The van der Waals surface area contributed by atoms with E-state index in [1.807, 2.05) is 0 Å². The Morgan fingerprint density at radius 2 is 1.74 bits per heavy atom. The predicted octanol–water partition coefficient (Wildman–Crippen LogP) is 3.38. The van der Waals surface area contributed by atoms with E-state index in [1.165, 1.54) is 43.3 Å². The molecule has 0 fully saturated rings. The lowest BCUT2D eigenvalue weighted by molar-refractivity contribution is 0.0320. The molecule has 2 rings (SSSR count). The number of rotatable bonds is 6. The van der Waals surface area contributed by atoms with Crippen LogP contribution in [0, 0.1) is 0 Å². The van der Waals surface area contributed by atoms with E-state index in [2.05, 4.69) is 4.72 Å². The van der Waals surface area contributed by atoms with Crippen molar-refractivity contribution in [1.29, 1.82) is 0 Å². The van der Waals surface area contributed by atoms with Gasteiger partial charge in [-0.1, -0.05) is 23.2 Å². The zero-order valence-electron chi connectivity index (χ0n) is 14.3. The highest BCUT2D eigenvalue weighted by molar-refractivity contribution is 7.92. The number of anilines is 2. The Labute approximate surface area is 166 Å². The van der Waals surface area contributed by atoms with Crippen molar-refractivity contribution < 1.29 is 22.7 Å². The summed E-state index contributed by atoms with van der Waals surface area (Å²) in [4.78, 5) is 24.7. The van der Waals surface area contributed by atoms with Gasteiger partial charge in [0.05, 0.1) is 22.5 Å². The molecule has 0 heterocycles. The van der Waals surface area contributed by atoms with Crippen molar-refractivity contribution in [3.63, 3.8) is 0 Å². The number of hydrogen-bond acceptors (Lipinski definition) is 6. The van der Waals surface area contributed by atoms with Crippen LogP contribution in [-0.2, 0) is 14.8 Å². The summed E-state index contributed by atoms with van der Waals surface area (Å²) in [6.45, 7) is 1.41. The minimum Gasteiger partial charge on any atom is -0.451 e. The normalized spacial score (nSPS) is 12.3. The lowest BCUT2D eigenvalue weighted by Gasteiger charge is -2.14. The van der Waals surface area contributed by atoms with Crippen molar-refractivity contribution in [2.24, 2.45) is 0 Å². The van der Waals surface area contributed by atoms with Crippen molar-refractivity contribution >= 4 is 56.4 Å². The molecule has 1 unspecified atom stereocenters. The van der Waals surface area contributed by atoms with Gasteiger partial charge in [-0.15, -0.1) is 0 Å². The van der Waals surface area contributed by atoms with Gasteiger partial charge in [-0.2, -0.15) is 0 Å². The van der Waals surface area contributed by atoms with Crippen LogP contribution in [-0.4, -0.2) is 32.5 Å². The summed E-state index contributed by atoms with van der Waals surface area (Å²) in [5.74, 6) is -1.31. The first-order chi connectivity index (χ1) is 12.5. The van der Waals surface area contributed by atoms with Crippen LogP contribution < -0.4 is 10.5 Å². The number of ketones is 1. The maximum atomic E-state index is 12.4. The van der Waals surface area contributed by atoms with Crippen LogP contribution in [0.1, 0.15) is 27.6 Å². The van der Waals surface area contributed by atoms with Crippen LogP contribution in [0.15, 0.2) is 36.4 Å². The molecule has 0 amide bonds. The number of carbonyl (C=O) groups is 2. The number of sulfonamides is 1. The first kappa shape index (κ1) is 21.0. The van der Waals surface area contributed by atoms with Crippen molar-refractivity contribution in [1.82, 2.24) is 0 Å². The third kappa shape index (κ3) is 5.59. The Balaban J connectivity index is 2.12. The number of Topliss-reactive ketones (excluding diaryl/α,β-unsaturated/α-hetero) is 1. The standard InChI is InChI=1S/C17H16Cl2N2O5S/c1-9(26-17(23)13-7-11(18)8-14(19)15(13)20)16(22)10-3-5-12(6-4-10)21-27(2,24)25/h3-9,21H,20H2,1-2H3. The third-order valence-electron chi connectivity index (χ3n) is 3.44. The van der Waals surface area contributed by atoms with Crippen LogP contribution in [0.2, 0.25) is 10.0 Å². The highest BCUT2D eigenvalue weighted by Crippen LogP contribution is 2.28. The van der Waals surface area contributed by atoms with Gasteiger partial charge in [-0.05, 0) is 43.3 Å². The van der Waals surface area contributed by atoms with Crippen molar-refractivity contribution in [3.05, 3.63) is 57.6 Å². The molecule has 144 valence electrons. The Morgan fingerprint density at radius 3 is 2.30 bits per heavy atom. The van der Waals surface area contributed by atoms with Gasteiger partial charge in [0, 0.05) is 16.3 Å². The van der Waals surface area contributed by atoms with E-state index < -0.39 is 27.9 Å². The molecule has 2 aromatic rings. The third-order valence-corrected chi connectivity index (χ3v) is 4.58. The molecule has 0 aliphatic heterocycles. The molecular formula is C17H16Cl2N2O5S. The summed E-state index contributed by atoms with van der Waals surface area (Å²) in [7, 11) is -3.42. The van der Waals surface area contributed by atoms with Gasteiger partial charge in [0.2, 0.25) is 15.8 Å². The highest BCUT2D eigenvalue weighted by Gasteiger charge is 2.23. The molecule has 0 aliphatic rings. The van der Waals surface area contributed by atoms with E-state index in [0.717, 1.165) is 6.26 Å². The summed E-state index contributed by atoms with van der Waals surface area (Å²) >= 11 is 11.7. The molecule has 27 heavy (non-hydrogen) atoms. The van der Waals surface area contributed by atoms with Gasteiger partial charge in [0.25, 0.3) is 0 Å². The SMILES string of the molecule is CC(OC(=O)c1cc(Cl)cc(Cl)c1N)C(=O)c1ccc(NS(C)(=O)=O)cc1. The number of halogens is 2. The molecule has 0 aliphatic carbocycles. The van der Waals surface area contributed by atoms with E-state index in [1.54, 1.807) is 0 Å². The summed E-state index contributed by atoms with van der Waals surface area (Å²) < 4.78 is 29.8. The molecule has 0 bridgehead atoms. The van der Waals surface area contributed by atoms with Gasteiger partial charge < -0.3 is 10.5 Å². The number of nitrogen functional groups attached to an aromatic ring is 1. The molecule has 0 saturated carbocycles. The first-order valence-corrected chi connectivity index (χ1v) is 10.2. The molecule has 0 radical (unpaired) electrons. The Morgan fingerprint density at radius 1 is 1.15 bits per heavy atom. The molecular weight excluding hydrogens is 415 g/mol. The van der Waals surface area contributed by atoms with E-state index in [9.17, 15) is 18.0 Å². The first-order valence-electron chi connectivity index (χ1n) is 7.55. The van der Waals surface area contributed by atoms with Crippen LogP contribution in [0.3, 0.4) is 0 Å². The van der Waals surface area contributed by atoms with Gasteiger partial charge in [-0.25, -0.2) is 13.2 Å². The Bertz CT molecular complexity index is 991. The van der Waals surface area contributed by atoms with E-state index in [0.29, 0.717) is 5.69 Å². The fourth-order valence-electron chi connectivity index (χ4n) is 2.18. The summed E-state index contributed by atoms with van der Waals surface area (Å²) in [5, 5.41) is 0.302. The van der Waals surface area contributed by atoms with Gasteiger partial charge in [0.1, 0.15) is 0 Å². The van der Waals surface area contributed by atoms with Crippen molar-refractivity contribution in [2.45, 2.75) is 13.0 Å². The molecule has 7 nitrogen and oxygen atoms in total. The largest absolute Gasteiger partial charge is 0.451 e. The second-order valence-corrected chi connectivity index (χ2v) is 8.30. The quantitative estimate of drug-likeness (QED) is 0.412. The smallest absolute Gasteiger partial charge is 0.341 e. The van der Waals surface area contributed by atoms with Crippen molar-refractivity contribution in [3.8, 4) is 0 Å². The maximum Gasteiger partial charge on any atom is 0.341 e. The fraction of sp³-hybridized carbons (Fsp3) is 0.176. The fourth-order valence-corrected chi connectivity index (χ4v) is 3.24. The molecule has 0 saturated heterocycles. The minimum atomic E-state index is -3.42. The number of nitrogens with two attached hydrogens (primary N) is 1. The van der Waals surface area contributed by atoms with Gasteiger partial charge in [0.15, 0.2) is 6.10 Å². The van der Waals surface area contributed by atoms with Crippen LogP contribution in [0.25, 0.3) is 0 Å². The second-order valence-electron chi connectivity index (χ2n) is 5.71. The van der Waals surface area contributed by atoms with E-state index in [-0.39, 0.29) is 26.9 Å². The van der Waals surface area contributed by atoms with Gasteiger partial charge >= 0.3 is 5.97 Å². The highest BCUT2D eigenvalue weighted by atomic mass is 35.5. The molecule has 0 spiro atoms. The average Bonchev–Trinajstić information content (AvgIpc) is 2.56. The zero-order valence-corrected chi connectivity index (χ0v) is 16.7. The van der Waals surface area contributed by atoms with Gasteiger partial charge in [-0.3, -0.25) is 9.52 Å². The van der Waals surface area contributed by atoms with Crippen LogP contribution >= 0.6 is 23.2 Å². The van der Waals surface area contributed by atoms with Crippen LogP contribution in [0.5, 0.6) is 0 Å². The van der Waals surface area contributed by atoms with Crippen molar-refractivity contribution in [2.75, 3.05) is 16.7 Å². The number of carbonyl (C=O) groups excluding carboxylic acids is 2. The monoisotopic (exact) mass is 430 g/mol. The Kier molecular flexibility index (Phi) is 6.35. The van der Waals surface area contributed by atoms with E-state index in [4.69, 9.17) is 33.7 Å². The lowest BCUT2D eigenvalue weighted by atomic mass is 10.1. The number of nitrogens with one attached hydrogen (secondary N) is 1. The summed E-state index contributed by atoms with van der Waals surface area (Å²) in [6.07, 6.45) is -0.0927. The average molecular weight is 431 g/mol. The minimum absolute atomic E-state index is 0.00178. The number of ether oxygens (including phenoxy) is 1. The topological polar surface area (TPSA) is 116 Å². The molecule has 1 atom stereocenters. The lowest BCUT2D eigenvalue weighted by Crippen LogP contribution is -2.25. The maximum absolute atomic E-state index is 12.4. The summed E-state index contributed by atoms with van der Waals surface area (Å²) in [5.41, 5.74) is 6.26. The zero-order chi connectivity index (χ0) is 20.4. The number of benzene rings is 2. The van der Waals surface area contributed by atoms with E-state index >= 15 is 0 Å². The molecule has 0 aromatic heterocycles. The molecule has 2 aromatic carbocycles. The predicted molar refractivity (Wildman–Crippen MR) is 105 cm³/mol. The molecule has 10 heteroatoms. The number of esters is 1. The molecule has 3 N–H and O–H groups in total. The Hall–Kier alpha value is -2.29. The second kappa shape index (κ2) is 8.16. The van der Waals surface area contributed by atoms with Crippen LogP contribution in [0.4, 0.5) is 11.4 Å². The number of hydrogen-bond donors (Lipinski definition) is 2.